The van der Waals surface area contributed by atoms with Gasteiger partial charge in [-0.2, -0.15) is 0 Å². The van der Waals surface area contributed by atoms with Crippen LogP contribution in [0.1, 0.15) is 52.7 Å². The van der Waals surface area contributed by atoms with Crippen molar-refractivity contribution in [1.82, 2.24) is 0 Å². The first-order valence-corrected chi connectivity index (χ1v) is 15.2. The number of benzene rings is 2. The van der Waals surface area contributed by atoms with Gasteiger partial charge in [-0.15, -0.1) is 0 Å². The molecule has 4 atom stereocenters. The van der Waals surface area contributed by atoms with E-state index in [0.29, 0.717) is 24.7 Å². The highest BCUT2D eigenvalue weighted by molar-refractivity contribution is 9.11. The predicted octanol–water partition coefficient (Wildman–Crippen LogP) is 7.39. The van der Waals surface area contributed by atoms with Crippen molar-refractivity contribution in [3.63, 3.8) is 0 Å². The Morgan fingerprint density at radius 3 is 1.19 bits per heavy atom. The van der Waals surface area contributed by atoms with Crippen LogP contribution in [0.25, 0.3) is 0 Å². The van der Waals surface area contributed by atoms with Gasteiger partial charge in [0.1, 0.15) is 24.7 Å². The number of hydrogen-bond acceptors (Lipinski definition) is 6. The first kappa shape index (κ1) is 33.0. The van der Waals surface area contributed by atoms with Gasteiger partial charge in [-0.3, -0.25) is 0 Å². The van der Waals surface area contributed by atoms with E-state index in [9.17, 15) is 10.2 Å². The van der Waals surface area contributed by atoms with Gasteiger partial charge in [0.05, 0.1) is 55.5 Å². The highest BCUT2D eigenvalue weighted by Gasteiger charge is 2.27. The topological polar surface area (TPSA) is 77.4 Å². The summed E-state index contributed by atoms with van der Waals surface area (Å²) in [4.78, 5) is 0. The van der Waals surface area contributed by atoms with Gasteiger partial charge in [-0.25, -0.2) is 0 Å². The Morgan fingerprint density at radius 1 is 0.622 bits per heavy atom. The van der Waals surface area contributed by atoms with Gasteiger partial charge in [-0.1, -0.05) is 13.8 Å². The fourth-order valence-corrected chi connectivity index (χ4v) is 6.22. The van der Waals surface area contributed by atoms with Gasteiger partial charge in [0.15, 0.2) is 0 Å². The van der Waals surface area contributed by atoms with E-state index >= 15 is 0 Å². The second-order valence-corrected chi connectivity index (χ2v) is 13.2. The van der Waals surface area contributed by atoms with Crippen molar-refractivity contribution in [2.24, 2.45) is 0 Å². The molecule has 0 aliphatic rings. The van der Waals surface area contributed by atoms with Crippen LogP contribution in [-0.2, 0) is 14.9 Å². The summed E-state index contributed by atoms with van der Waals surface area (Å²) in [5, 5.41) is 18.8. The van der Waals surface area contributed by atoms with Gasteiger partial charge in [0.25, 0.3) is 0 Å². The molecule has 2 N–H and O–H groups in total. The minimum absolute atomic E-state index is 0.159. The Labute approximate surface area is 253 Å². The molecule has 0 saturated carbocycles. The van der Waals surface area contributed by atoms with Crippen molar-refractivity contribution in [2.45, 2.75) is 71.4 Å². The molecule has 0 radical (unpaired) electrons. The first-order chi connectivity index (χ1) is 17.2. The molecule has 10 heteroatoms. The Kier molecular flexibility index (Phi) is 13.4. The molecule has 0 heterocycles. The maximum Gasteiger partial charge on any atom is 0.147 e. The largest absolute Gasteiger partial charge is 0.489 e. The normalized spacial score (nSPS) is 15.2. The molecule has 6 nitrogen and oxygen atoms in total. The zero-order chi connectivity index (χ0) is 27.9. The molecule has 2 aromatic rings. The Balaban J connectivity index is 2.18. The van der Waals surface area contributed by atoms with Gasteiger partial charge in [0, 0.05) is 5.41 Å². The molecule has 2 rings (SSSR count). The molecular formula is C27H36Br4O6. The molecule has 0 aliphatic carbocycles. The third-order valence-corrected chi connectivity index (χ3v) is 7.96. The zero-order valence-electron chi connectivity index (χ0n) is 22.0. The molecule has 0 spiro atoms. The lowest BCUT2D eigenvalue weighted by atomic mass is 9.78. The third-order valence-electron chi connectivity index (χ3n) is 5.61. The van der Waals surface area contributed by atoms with Crippen molar-refractivity contribution >= 4 is 63.7 Å². The number of aliphatic hydroxyl groups is 2. The van der Waals surface area contributed by atoms with Gasteiger partial charge >= 0.3 is 0 Å². The minimum Gasteiger partial charge on any atom is -0.489 e. The highest BCUT2D eigenvalue weighted by Crippen LogP contribution is 2.44. The van der Waals surface area contributed by atoms with Crippen molar-refractivity contribution < 1.29 is 29.2 Å². The maximum atomic E-state index is 9.40. The molecule has 4 unspecified atom stereocenters. The molecule has 0 aromatic heterocycles. The summed E-state index contributed by atoms with van der Waals surface area (Å²) in [6, 6.07) is 8.26. The second kappa shape index (κ2) is 15.0. The Hall–Kier alpha value is -0.200. The lowest BCUT2D eigenvalue weighted by Crippen LogP contribution is -2.23. The molecule has 37 heavy (non-hydrogen) atoms. The van der Waals surface area contributed by atoms with E-state index in [4.69, 9.17) is 18.9 Å². The van der Waals surface area contributed by atoms with Crippen LogP contribution in [0.15, 0.2) is 42.2 Å². The maximum absolute atomic E-state index is 9.40. The molecular weight excluding hydrogens is 740 g/mol. The smallest absolute Gasteiger partial charge is 0.147 e. The number of ether oxygens (including phenoxy) is 4. The number of hydrogen-bond donors (Lipinski definition) is 2. The van der Waals surface area contributed by atoms with Crippen molar-refractivity contribution in [2.75, 3.05) is 26.4 Å². The summed E-state index contributed by atoms with van der Waals surface area (Å²) in [5.74, 6) is 1.40. The second-order valence-electron chi connectivity index (χ2n) is 9.77. The summed E-state index contributed by atoms with van der Waals surface area (Å²) in [6.45, 7) is 12.8. The average molecular weight is 776 g/mol. The van der Waals surface area contributed by atoms with Gasteiger partial charge in [-0.05, 0) is 127 Å². The molecule has 0 saturated heterocycles. The average Bonchev–Trinajstić information content (AvgIpc) is 2.79. The molecule has 0 bridgehead atoms. The first-order valence-electron chi connectivity index (χ1n) is 12.1. The van der Waals surface area contributed by atoms with E-state index in [1.54, 1.807) is 13.8 Å². The van der Waals surface area contributed by atoms with Crippen LogP contribution in [0, 0.1) is 0 Å². The number of aliphatic hydroxyl groups excluding tert-OH is 2. The lowest BCUT2D eigenvalue weighted by Gasteiger charge is -2.28. The quantitative estimate of drug-likeness (QED) is 0.209. The Bertz CT molecular complexity index is 902. The summed E-state index contributed by atoms with van der Waals surface area (Å²) in [5.41, 5.74) is 1.84. The minimum atomic E-state index is -0.512. The molecule has 208 valence electrons. The van der Waals surface area contributed by atoms with Crippen LogP contribution >= 0.6 is 63.7 Å². The summed E-state index contributed by atoms with van der Waals surface area (Å²) in [6.07, 6.45) is -1.34. The van der Waals surface area contributed by atoms with E-state index in [2.05, 4.69) is 102 Å². The lowest BCUT2D eigenvalue weighted by molar-refractivity contribution is -0.0134. The fraction of sp³-hybridized carbons (Fsp3) is 0.556. The fourth-order valence-electron chi connectivity index (χ4n) is 3.39. The SMILES string of the molecule is CC(O)COC(C)COc1c(Br)cc(C(C)(C)c2cc(Br)c(OCC(C)OCC(C)O)c(Br)c2)cc1Br. The standard InChI is InChI=1S/C27H36Br4O6/c1-15(32)11-34-17(3)13-36-25-21(28)7-19(8-22(25)29)27(5,6)20-9-23(30)26(24(31)10-20)37-14-18(4)35-12-16(2)33/h7-10,15-18,32-33H,11-14H2,1-6H3. The van der Waals surface area contributed by atoms with Gasteiger partial charge in [0.2, 0.25) is 0 Å². The van der Waals surface area contributed by atoms with E-state index in [1.165, 1.54) is 0 Å². The molecule has 0 fully saturated rings. The third kappa shape index (κ3) is 10.0. The molecule has 0 aliphatic heterocycles. The molecule has 0 amide bonds. The summed E-state index contributed by atoms with van der Waals surface area (Å²) in [7, 11) is 0. The van der Waals surface area contributed by atoms with Crippen molar-refractivity contribution in [3.05, 3.63) is 53.3 Å². The number of halogens is 4. The Morgan fingerprint density at radius 2 is 0.919 bits per heavy atom. The molecule has 2 aromatic carbocycles. The van der Waals surface area contributed by atoms with Crippen molar-refractivity contribution in [3.8, 4) is 11.5 Å². The van der Waals surface area contributed by atoms with Crippen molar-refractivity contribution in [1.29, 1.82) is 0 Å². The van der Waals surface area contributed by atoms with Crippen LogP contribution in [-0.4, -0.2) is 61.1 Å². The summed E-state index contributed by atoms with van der Waals surface area (Å²) >= 11 is 14.7. The van der Waals surface area contributed by atoms with E-state index < -0.39 is 12.2 Å². The highest BCUT2D eigenvalue weighted by atomic mass is 79.9. The van der Waals surface area contributed by atoms with E-state index in [0.717, 1.165) is 29.0 Å². The van der Waals surface area contributed by atoms with E-state index in [-0.39, 0.29) is 30.8 Å². The van der Waals surface area contributed by atoms with Gasteiger partial charge < -0.3 is 29.2 Å². The van der Waals surface area contributed by atoms with Crippen LogP contribution < -0.4 is 9.47 Å². The van der Waals surface area contributed by atoms with Crippen LogP contribution in [0.4, 0.5) is 0 Å². The van der Waals surface area contributed by atoms with Crippen LogP contribution in [0.5, 0.6) is 11.5 Å². The van der Waals surface area contributed by atoms with Crippen LogP contribution in [0.2, 0.25) is 0 Å². The summed E-state index contributed by atoms with van der Waals surface area (Å²) < 4.78 is 26.5. The number of rotatable bonds is 14. The monoisotopic (exact) mass is 772 g/mol. The zero-order valence-corrected chi connectivity index (χ0v) is 28.3. The van der Waals surface area contributed by atoms with Crippen LogP contribution in [0.3, 0.4) is 0 Å². The predicted molar refractivity (Wildman–Crippen MR) is 161 cm³/mol. The van der Waals surface area contributed by atoms with E-state index in [1.807, 2.05) is 13.8 Å².